The van der Waals surface area contributed by atoms with Gasteiger partial charge >= 0.3 is 12.0 Å². The Labute approximate surface area is 121 Å². The zero-order valence-electron chi connectivity index (χ0n) is 11.3. The highest BCUT2D eigenvalue weighted by Crippen LogP contribution is 2.21. The van der Waals surface area contributed by atoms with E-state index < -0.39 is 17.5 Å². The summed E-state index contributed by atoms with van der Waals surface area (Å²) in [6.45, 7) is 2.83. The maximum absolute atomic E-state index is 12.0. The predicted octanol–water partition coefficient (Wildman–Crippen LogP) is 2.54. The van der Waals surface area contributed by atoms with Crippen molar-refractivity contribution in [1.29, 1.82) is 5.26 Å². The van der Waals surface area contributed by atoms with Gasteiger partial charge in [0.15, 0.2) is 0 Å². The van der Waals surface area contributed by atoms with Gasteiger partial charge in [0, 0.05) is 12.7 Å². The molecule has 0 radical (unpaired) electrons. The van der Waals surface area contributed by atoms with Crippen LogP contribution in [-0.2, 0) is 4.79 Å². The lowest BCUT2D eigenvalue weighted by molar-refractivity contribution is -0.146. The Bertz CT molecular complexity index is 593. The monoisotopic (exact) mass is 295 g/mol. The fourth-order valence-electron chi connectivity index (χ4n) is 1.29. The molecule has 7 heteroatoms. The second-order valence-corrected chi connectivity index (χ2v) is 5.07. The van der Waals surface area contributed by atoms with Gasteiger partial charge in [0.2, 0.25) is 0 Å². The number of nitrogens with zero attached hydrogens (tertiary/aromatic N) is 2. The number of benzene rings is 1. The van der Waals surface area contributed by atoms with Gasteiger partial charge in [0.25, 0.3) is 0 Å². The summed E-state index contributed by atoms with van der Waals surface area (Å²) < 4.78 is 0. The minimum absolute atomic E-state index is 0.213. The van der Waals surface area contributed by atoms with E-state index in [4.69, 9.17) is 22.0 Å². The molecule has 20 heavy (non-hydrogen) atoms. The van der Waals surface area contributed by atoms with Crippen molar-refractivity contribution in [3.63, 3.8) is 0 Å². The summed E-state index contributed by atoms with van der Waals surface area (Å²) >= 11 is 5.85. The average Bonchev–Trinajstić information content (AvgIpc) is 2.37. The van der Waals surface area contributed by atoms with E-state index in [-0.39, 0.29) is 5.02 Å². The maximum atomic E-state index is 12.0. The standard InChI is InChI=1S/C13H14ClN3O3/c1-13(2,11(18)19)17(3)12(20)16-9-5-4-8(7-15)10(14)6-9/h4-6H,1-3H3,(H,16,20)(H,18,19). The van der Waals surface area contributed by atoms with Gasteiger partial charge in [-0.3, -0.25) is 0 Å². The molecule has 2 amide bonds. The van der Waals surface area contributed by atoms with E-state index in [9.17, 15) is 9.59 Å². The topological polar surface area (TPSA) is 93.4 Å². The summed E-state index contributed by atoms with van der Waals surface area (Å²) in [5.74, 6) is -1.12. The van der Waals surface area contributed by atoms with Crippen LogP contribution in [0.2, 0.25) is 5.02 Å². The lowest BCUT2D eigenvalue weighted by atomic mass is 10.1. The molecule has 0 fully saturated rings. The number of rotatable bonds is 3. The first-order valence-electron chi connectivity index (χ1n) is 5.68. The number of carbonyl (C=O) groups is 2. The molecule has 0 aliphatic rings. The smallest absolute Gasteiger partial charge is 0.329 e. The molecule has 0 bridgehead atoms. The fourth-order valence-corrected chi connectivity index (χ4v) is 1.51. The van der Waals surface area contributed by atoms with E-state index in [0.717, 1.165) is 4.90 Å². The van der Waals surface area contributed by atoms with Crippen LogP contribution in [0.3, 0.4) is 0 Å². The number of nitriles is 1. The molecule has 0 atom stereocenters. The van der Waals surface area contributed by atoms with Crippen molar-refractivity contribution < 1.29 is 14.7 Å². The molecule has 0 aromatic heterocycles. The zero-order valence-corrected chi connectivity index (χ0v) is 12.0. The van der Waals surface area contributed by atoms with Gasteiger partial charge in [-0.2, -0.15) is 5.26 Å². The molecule has 1 aromatic carbocycles. The predicted molar refractivity (Wildman–Crippen MR) is 74.7 cm³/mol. The number of likely N-dealkylation sites (N-methyl/N-ethyl adjacent to an activating group) is 1. The van der Waals surface area contributed by atoms with Gasteiger partial charge in [-0.25, -0.2) is 9.59 Å². The molecule has 0 saturated heterocycles. The number of carboxylic acid groups (broad SMARTS) is 1. The van der Waals surface area contributed by atoms with Crippen molar-refractivity contribution in [2.24, 2.45) is 0 Å². The molecule has 2 N–H and O–H groups in total. The highest BCUT2D eigenvalue weighted by Gasteiger charge is 2.35. The van der Waals surface area contributed by atoms with Gasteiger partial charge in [-0.05, 0) is 32.0 Å². The van der Waals surface area contributed by atoms with Crippen LogP contribution < -0.4 is 5.32 Å². The Balaban J connectivity index is 2.89. The third-order valence-electron chi connectivity index (χ3n) is 3.01. The number of hydrogen-bond acceptors (Lipinski definition) is 3. The summed E-state index contributed by atoms with van der Waals surface area (Å²) in [7, 11) is 1.38. The average molecular weight is 296 g/mol. The van der Waals surface area contributed by atoms with E-state index in [1.807, 2.05) is 6.07 Å². The molecule has 0 aliphatic heterocycles. The number of hydrogen-bond donors (Lipinski definition) is 2. The van der Waals surface area contributed by atoms with Crippen LogP contribution in [0, 0.1) is 11.3 Å². The van der Waals surface area contributed by atoms with Crippen molar-refractivity contribution >= 4 is 29.3 Å². The molecule has 1 aromatic rings. The quantitative estimate of drug-likeness (QED) is 0.896. The van der Waals surface area contributed by atoms with Crippen LogP contribution in [0.15, 0.2) is 18.2 Å². The number of anilines is 1. The summed E-state index contributed by atoms with van der Waals surface area (Å²) in [6.07, 6.45) is 0. The number of aliphatic carboxylic acids is 1. The minimum atomic E-state index is -1.35. The number of carboxylic acids is 1. The number of urea groups is 1. The van der Waals surface area contributed by atoms with Crippen molar-refractivity contribution in [2.75, 3.05) is 12.4 Å². The number of carbonyl (C=O) groups excluding carboxylic acids is 1. The van der Waals surface area contributed by atoms with Crippen LogP contribution >= 0.6 is 11.6 Å². The van der Waals surface area contributed by atoms with Gasteiger partial charge in [-0.1, -0.05) is 11.6 Å². The van der Waals surface area contributed by atoms with Crippen LogP contribution in [0.5, 0.6) is 0 Å². The van der Waals surface area contributed by atoms with Gasteiger partial charge in [-0.15, -0.1) is 0 Å². The molecule has 6 nitrogen and oxygen atoms in total. The number of halogens is 1. The van der Waals surface area contributed by atoms with E-state index in [0.29, 0.717) is 11.3 Å². The molecule has 106 valence electrons. The third-order valence-corrected chi connectivity index (χ3v) is 3.32. The summed E-state index contributed by atoms with van der Waals surface area (Å²) in [5, 5.41) is 20.6. The molecule has 0 unspecified atom stereocenters. The Kier molecular flexibility index (Phi) is 4.58. The number of amides is 2. The zero-order chi connectivity index (χ0) is 15.5. The first-order chi connectivity index (χ1) is 9.20. The lowest BCUT2D eigenvalue weighted by Crippen LogP contribution is -2.52. The maximum Gasteiger partial charge on any atom is 0.329 e. The highest BCUT2D eigenvalue weighted by molar-refractivity contribution is 6.32. The minimum Gasteiger partial charge on any atom is -0.480 e. The molecule has 0 aliphatic carbocycles. The Morgan fingerprint density at radius 2 is 2.05 bits per heavy atom. The molecule has 0 heterocycles. The van der Waals surface area contributed by atoms with Crippen molar-refractivity contribution in [3.05, 3.63) is 28.8 Å². The third kappa shape index (κ3) is 3.19. The molecule has 1 rings (SSSR count). The molecule has 0 saturated carbocycles. The molecule has 0 spiro atoms. The van der Waals surface area contributed by atoms with Crippen LogP contribution in [0.4, 0.5) is 10.5 Å². The van der Waals surface area contributed by atoms with Gasteiger partial charge in [0.1, 0.15) is 11.6 Å². The largest absolute Gasteiger partial charge is 0.480 e. The second-order valence-electron chi connectivity index (χ2n) is 4.66. The first-order valence-corrected chi connectivity index (χ1v) is 6.05. The Morgan fingerprint density at radius 3 is 2.50 bits per heavy atom. The van der Waals surface area contributed by atoms with Crippen molar-refractivity contribution in [2.45, 2.75) is 19.4 Å². The van der Waals surface area contributed by atoms with Crippen LogP contribution in [0.25, 0.3) is 0 Å². The van der Waals surface area contributed by atoms with E-state index >= 15 is 0 Å². The summed E-state index contributed by atoms with van der Waals surface area (Å²) in [4.78, 5) is 24.1. The van der Waals surface area contributed by atoms with Crippen LogP contribution in [0.1, 0.15) is 19.4 Å². The Hall–Kier alpha value is -2.26. The Morgan fingerprint density at radius 1 is 1.45 bits per heavy atom. The van der Waals surface area contributed by atoms with E-state index in [1.54, 1.807) is 0 Å². The van der Waals surface area contributed by atoms with E-state index in [2.05, 4.69) is 5.32 Å². The second kappa shape index (κ2) is 5.80. The van der Waals surface area contributed by atoms with Gasteiger partial charge < -0.3 is 15.3 Å². The lowest BCUT2D eigenvalue weighted by Gasteiger charge is -2.31. The highest BCUT2D eigenvalue weighted by atomic mass is 35.5. The fraction of sp³-hybridized carbons (Fsp3) is 0.308. The summed E-state index contributed by atoms with van der Waals surface area (Å²) in [6, 6.07) is 5.74. The normalized spacial score (nSPS) is 10.6. The first kappa shape index (κ1) is 15.8. The van der Waals surface area contributed by atoms with Crippen molar-refractivity contribution in [3.8, 4) is 6.07 Å². The summed E-state index contributed by atoms with van der Waals surface area (Å²) in [5.41, 5.74) is -0.670. The molecular formula is C13H14ClN3O3. The molecular weight excluding hydrogens is 282 g/mol. The van der Waals surface area contributed by atoms with Gasteiger partial charge in [0.05, 0.1) is 10.6 Å². The number of nitrogens with one attached hydrogen (secondary N) is 1. The van der Waals surface area contributed by atoms with E-state index in [1.165, 1.54) is 39.1 Å². The SMILES string of the molecule is CN(C(=O)Nc1ccc(C#N)c(Cl)c1)C(C)(C)C(=O)O. The van der Waals surface area contributed by atoms with Crippen LogP contribution in [-0.4, -0.2) is 34.6 Å². The van der Waals surface area contributed by atoms with Crippen molar-refractivity contribution in [1.82, 2.24) is 4.90 Å².